The first-order valence-electron chi connectivity index (χ1n) is 9.74. The van der Waals surface area contributed by atoms with Gasteiger partial charge in [0, 0.05) is 22.5 Å². The van der Waals surface area contributed by atoms with Crippen LogP contribution in [0, 0.1) is 0 Å². The third-order valence-corrected chi connectivity index (χ3v) is 7.93. The molecule has 0 fully saturated rings. The zero-order valence-electron chi connectivity index (χ0n) is 16.4. The molecule has 28 heavy (non-hydrogen) atoms. The lowest BCUT2D eigenvalue weighted by atomic mass is 10.1. The maximum absolute atomic E-state index is 14.7. The van der Waals surface area contributed by atoms with Crippen LogP contribution in [0.25, 0.3) is 0 Å². The van der Waals surface area contributed by atoms with E-state index >= 15 is 0 Å². The molecular formula is C24H26NO2P. The van der Waals surface area contributed by atoms with Crippen molar-refractivity contribution < 1.29 is 9.36 Å². The van der Waals surface area contributed by atoms with E-state index in [-0.39, 0.29) is 5.91 Å². The van der Waals surface area contributed by atoms with Crippen LogP contribution in [-0.2, 0) is 11.0 Å². The first kappa shape index (κ1) is 20.1. The quantitative estimate of drug-likeness (QED) is 0.618. The van der Waals surface area contributed by atoms with Gasteiger partial charge in [0.1, 0.15) is 0 Å². The summed E-state index contributed by atoms with van der Waals surface area (Å²) in [5.74, 6) is -0.174. The zero-order chi connectivity index (χ0) is 20.0. The van der Waals surface area contributed by atoms with E-state index in [1.807, 2.05) is 85.8 Å². The van der Waals surface area contributed by atoms with E-state index in [2.05, 4.69) is 12.2 Å². The van der Waals surface area contributed by atoms with Crippen molar-refractivity contribution in [1.82, 2.24) is 5.32 Å². The monoisotopic (exact) mass is 391 g/mol. The van der Waals surface area contributed by atoms with Crippen molar-refractivity contribution in [1.29, 1.82) is 0 Å². The minimum Gasteiger partial charge on any atom is -0.352 e. The van der Waals surface area contributed by atoms with Gasteiger partial charge in [0.25, 0.3) is 5.91 Å². The molecule has 0 saturated heterocycles. The highest BCUT2D eigenvalue weighted by Gasteiger charge is 2.33. The molecule has 0 atom stereocenters. The Hall–Kier alpha value is -2.64. The van der Waals surface area contributed by atoms with Gasteiger partial charge in [-0.1, -0.05) is 80.6 Å². The summed E-state index contributed by atoms with van der Waals surface area (Å²) in [6.07, 6.45) is 1.66. The van der Waals surface area contributed by atoms with E-state index in [9.17, 15) is 9.36 Å². The van der Waals surface area contributed by atoms with Crippen LogP contribution in [0.15, 0.2) is 78.9 Å². The number of aryl methyl sites for hydroxylation is 1. The van der Waals surface area contributed by atoms with E-state index in [1.165, 1.54) is 0 Å². The average Bonchev–Trinajstić information content (AvgIpc) is 2.77. The van der Waals surface area contributed by atoms with E-state index in [0.29, 0.717) is 17.4 Å². The summed E-state index contributed by atoms with van der Waals surface area (Å²) in [6.45, 7) is 4.67. The normalized spacial score (nSPS) is 11.2. The summed E-state index contributed by atoms with van der Waals surface area (Å²) in [6, 6.07) is 24.7. The molecule has 3 aromatic carbocycles. The van der Waals surface area contributed by atoms with Gasteiger partial charge in [0.05, 0.1) is 5.56 Å². The summed E-state index contributed by atoms with van der Waals surface area (Å²) in [5, 5.41) is 5.02. The molecule has 0 bridgehead atoms. The number of nitrogens with one attached hydrogen (secondary N) is 1. The largest absolute Gasteiger partial charge is 0.352 e. The minimum atomic E-state index is -3.20. The maximum atomic E-state index is 14.7. The first-order valence-corrected chi connectivity index (χ1v) is 11.4. The summed E-state index contributed by atoms with van der Waals surface area (Å²) < 4.78 is 14.7. The minimum absolute atomic E-state index is 0.174. The standard InChI is InChI=1S/C24H26NO2P/c1-3-17-25-24(26)22-16-15-19(4-2)18-23(22)28(27,20-11-7-5-8-12-20)21-13-9-6-10-14-21/h5-16,18H,3-4,17H2,1-2H3,(H,25,26). The predicted octanol–water partition coefficient (Wildman–Crippen LogP) is 4.03. The van der Waals surface area contributed by atoms with Crippen molar-refractivity contribution >= 4 is 29.0 Å². The SMILES string of the molecule is CCCNC(=O)c1ccc(CC)cc1P(=O)(c1ccccc1)c1ccccc1. The molecule has 0 spiro atoms. The predicted molar refractivity (Wildman–Crippen MR) is 118 cm³/mol. The molecular weight excluding hydrogens is 365 g/mol. The molecule has 144 valence electrons. The molecule has 0 radical (unpaired) electrons. The lowest BCUT2D eigenvalue weighted by Gasteiger charge is -2.23. The third-order valence-electron chi connectivity index (χ3n) is 4.83. The molecule has 3 aromatic rings. The van der Waals surface area contributed by atoms with Crippen molar-refractivity contribution in [3.05, 3.63) is 90.0 Å². The van der Waals surface area contributed by atoms with E-state index in [0.717, 1.165) is 29.0 Å². The Kier molecular flexibility index (Phi) is 6.49. The molecule has 0 aliphatic rings. The van der Waals surface area contributed by atoms with Crippen molar-refractivity contribution in [3.8, 4) is 0 Å². The Bertz CT molecular complexity index is 941. The van der Waals surface area contributed by atoms with Crippen LogP contribution in [0.1, 0.15) is 36.2 Å². The average molecular weight is 391 g/mol. The van der Waals surface area contributed by atoms with Crippen LogP contribution in [0.3, 0.4) is 0 Å². The second kappa shape index (κ2) is 9.03. The van der Waals surface area contributed by atoms with Crippen LogP contribution in [0.5, 0.6) is 0 Å². The van der Waals surface area contributed by atoms with Gasteiger partial charge >= 0.3 is 0 Å². The number of amides is 1. The number of rotatable bonds is 7. The molecule has 0 aromatic heterocycles. The fourth-order valence-corrected chi connectivity index (χ4v) is 6.19. The van der Waals surface area contributed by atoms with Crippen LogP contribution >= 0.6 is 7.14 Å². The van der Waals surface area contributed by atoms with Crippen LogP contribution in [-0.4, -0.2) is 12.5 Å². The van der Waals surface area contributed by atoms with Gasteiger partial charge in [-0.25, -0.2) is 0 Å². The van der Waals surface area contributed by atoms with E-state index in [4.69, 9.17) is 0 Å². The smallest absolute Gasteiger partial charge is 0.252 e. The molecule has 3 rings (SSSR count). The van der Waals surface area contributed by atoms with Crippen LogP contribution < -0.4 is 21.2 Å². The molecule has 0 heterocycles. The van der Waals surface area contributed by atoms with Crippen molar-refractivity contribution in [2.45, 2.75) is 26.7 Å². The molecule has 1 N–H and O–H groups in total. The van der Waals surface area contributed by atoms with Gasteiger partial charge in [0.2, 0.25) is 0 Å². The fraction of sp³-hybridized carbons (Fsp3) is 0.208. The molecule has 0 aliphatic heterocycles. The molecule has 4 heteroatoms. The summed E-state index contributed by atoms with van der Waals surface area (Å²) >= 11 is 0. The molecule has 1 amide bonds. The molecule has 0 saturated carbocycles. The zero-order valence-corrected chi connectivity index (χ0v) is 17.3. The van der Waals surface area contributed by atoms with Gasteiger partial charge in [-0.15, -0.1) is 0 Å². The van der Waals surface area contributed by atoms with Crippen molar-refractivity contribution in [2.75, 3.05) is 6.54 Å². The Morgan fingerprint density at radius 2 is 1.43 bits per heavy atom. The Morgan fingerprint density at radius 3 is 1.93 bits per heavy atom. The van der Waals surface area contributed by atoms with Crippen LogP contribution in [0.4, 0.5) is 0 Å². The molecule has 3 nitrogen and oxygen atoms in total. The van der Waals surface area contributed by atoms with Crippen molar-refractivity contribution in [3.63, 3.8) is 0 Å². The number of carbonyl (C=O) groups excluding carboxylic acids is 1. The molecule has 0 aliphatic carbocycles. The second-order valence-electron chi connectivity index (χ2n) is 6.74. The Labute approximate surface area is 167 Å². The van der Waals surface area contributed by atoms with Gasteiger partial charge in [-0.2, -0.15) is 0 Å². The lowest BCUT2D eigenvalue weighted by Crippen LogP contribution is -2.33. The number of benzene rings is 3. The summed E-state index contributed by atoms with van der Waals surface area (Å²) in [7, 11) is -3.20. The fourth-order valence-electron chi connectivity index (χ4n) is 3.29. The lowest BCUT2D eigenvalue weighted by molar-refractivity contribution is 0.0954. The number of carbonyl (C=O) groups is 1. The van der Waals surface area contributed by atoms with Gasteiger partial charge < -0.3 is 9.88 Å². The van der Waals surface area contributed by atoms with Gasteiger partial charge in [0.15, 0.2) is 7.14 Å². The molecule has 0 unspecified atom stereocenters. The highest BCUT2D eigenvalue weighted by atomic mass is 31.2. The van der Waals surface area contributed by atoms with E-state index < -0.39 is 7.14 Å². The highest BCUT2D eigenvalue weighted by Crippen LogP contribution is 2.43. The topological polar surface area (TPSA) is 46.2 Å². The van der Waals surface area contributed by atoms with Crippen molar-refractivity contribution in [2.24, 2.45) is 0 Å². The summed E-state index contributed by atoms with van der Waals surface area (Å²) in [4.78, 5) is 12.9. The van der Waals surface area contributed by atoms with Gasteiger partial charge in [-0.05, 0) is 30.5 Å². The second-order valence-corrected chi connectivity index (χ2v) is 9.47. The number of hydrogen-bond donors (Lipinski definition) is 1. The van der Waals surface area contributed by atoms with Crippen LogP contribution in [0.2, 0.25) is 0 Å². The first-order chi connectivity index (χ1) is 13.6. The third kappa shape index (κ3) is 3.95. The Morgan fingerprint density at radius 1 is 0.857 bits per heavy atom. The number of hydrogen-bond acceptors (Lipinski definition) is 2. The van der Waals surface area contributed by atoms with Gasteiger partial charge in [-0.3, -0.25) is 4.79 Å². The maximum Gasteiger partial charge on any atom is 0.252 e. The Balaban J connectivity index is 2.29. The highest BCUT2D eigenvalue weighted by molar-refractivity contribution is 7.85. The van der Waals surface area contributed by atoms with E-state index in [1.54, 1.807) is 0 Å². The summed E-state index contributed by atoms with van der Waals surface area (Å²) in [5.41, 5.74) is 1.55.